The standard InChI is InChI=1S/C16H19NS2/c1-11(9-13-8-7-12(2)19-13)17-15-10-18-16-6-4-3-5-14(15)16/h3-8,11,15,17H,9-10H2,1-2H3. The van der Waals surface area contributed by atoms with Crippen LogP contribution < -0.4 is 5.32 Å². The molecule has 3 heteroatoms. The molecule has 2 heterocycles. The molecule has 100 valence electrons. The van der Waals surface area contributed by atoms with Gasteiger partial charge in [0.2, 0.25) is 0 Å². The topological polar surface area (TPSA) is 12.0 Å². The normalized spacial score (nSPS) is 19.4. The van der Waals surface area contributed by atoms with E-state index in [9.17, 15) is 0 Å². The van der Waals surface area contributed by atoms with E-state index < -0.39 is 0 Å². The lowest BCUT2D eigenvalue weighted by atomic mass is 10.1. The predicted molar refractivity (Wildman–Crippen MR) is 85.3 cm³/mol. The number of aryl methyl sites for hydroxylation is 1. The highest BCUT2D eigenvalue weighted by Crippen LogP contribution is 2.38. The maximum Gasteiger partial charge on any atom is 0.0428 e. The second kappa shape index (κ2) is 5.70. The van der Waals surface area contributed by atoms with Crippen LogP contribution in [0.3, 0.4) is 0 Å². The fraction of sp³-hybridized carbons (Fsp3) is 0.375. The van der Waals surface area contributed by atoms with Crippen LogP contribution in [0.15, 0.2) is 41.3 Å². The molecule has 3 rings (SSSR count). The van der Waals surface area contributed by atoms with E-state index in [-0.39, 0.29) is 0 Å². The molecule has 0 radical (unpaired) electrons. The molecule has 1 aromatic heterocycles. The summed E-state index contributed by atoms with van der Waals surface area (Å²) in [5.41, 5.74) is 1.47. The summed E-state index contributed by atoms with van der Waals surface area (Å²) in [6.45, 7) is 4.47. The Labute approximate surface area is 123 Å². The molecule has 0 aliphatic carbocycles. The number of rotatable bonds is 4. The number of thiophene rings is 1. The van der Waals surface area contributed by atoms with Gasteiger partial charge in [0.1, 0.15) is 0 Å². The molecule has 1 N–H and O–H groups in total. The SMILES string of the molecule is Cc1ccc(CC(C)NC2CSc3ccccc32)s1. The second-order valence-corrected chi connectivity index (χ2v) is 7.62. The first-order chi connectivity index (χ1) is 9.22. The number of benzene rings is 1. The first-order valence-corrected chi connectivity index (χ1v) is 8.55. The van der Waals surface area contributed by atoms with Crippen molar-refractivity contribution in [1.29, 1.82) is 0 Å². The van der Waals surface area contributed by atoms with Gasteiger partial charge in [0.25, 0.3) is 0 Å². The zero-order chi connectivity index (χ0) is 13.2. The molecule has 0 spiro atoms. The molecular weight excluding hydrogens is 270 g/mol. The molecule has 1 aromatic carbocycles. The summed E-state index contributed by atoms with van der Waals surface area (Å²) in [7, 11) is 0. The maximum atomic E-state index is 3.78. The van der Waals surface area contributed by atoms with Crippen LogP contribution in [0.5, 0.6) is 0 Å². The van der Waals surface area contributed by atoms with Crippen LogP contribution in [0.4, 0.5) is 0 Å². The number of hydrogen-bond donors (Lipinski definition) is 1. The number of thioether (sulfide) groups is 1. The van der Waals surface area contributed by atoms with Gasteiger partial charge in [-0.2, -0.15) is 0 Å². The van der Waals surface area contributed by atoms with Crippen LogP contribution >= 0.6 is 23.1 Å². The third kappa shape index (κ3) is 3.04. The lowest BCUT2D eigenvalue weighted by Gasteiger charge is -2.19. The number of fused-ring (bicyclic) bond motifs is 1. The van der Waals surface area contributed by atoms with E-state index >= 15 is 0 Å². The molecule has 0 saturated carbocycles. The largest absolute Gasteiger partial charge is 0.306 e. The Morgan fingerprint density at radius 3 is 2.89 bits per heavy atom. The summed E-state index contributed by atoms with van der Waals surface area (Å²) in [5.74, 6) is 1.16. The van der Waals surface area contributed by atoms with Crippen LogP contribution in [0.25, 0.3) is 0 Å². The average molecular weight is 289 g/mol. The van der Waals surface area contributed by atoms with Gasteiger partial charge in [-0.05, 0) is 44.0 Å². The highest BCUT2D eigenvalue weighted by molar-refractivity contribution is 7.99. The molecule has 0 fully saturated rings. The van der Waals surface area contributed by atoms with E-state index in [1.54, 1.807) is 0 Å². The van der Waals surface area contributed by atoms with Gasteiger partial charge in [-0.3, -0.25) is 0 Å². The van der Waals surface area contributed by atoms with Crippen LogP contribution in [0.2, 0.25) is 0 Å². The molecule has 1 aliphatic heterocycles. The van der Waals surface area contributed by atoms with Gasteiger partial charge in [-0.25, -0.2) is 0 Å². The lowest BCUT2D eigenvalue weighted by molar-refractivity contribution is 0.485. The summed E-state index contributed by atoms with van der Waals surface area (Å²) >= 11 is 3.88. The second-order valence-electron chi connectivity index (χ2n) is 5.19. The van der Waals surface area contributed by atoms with Crippen molar-refractivity contribution in [3.05, 3.63) is 51.7 Å². The Hall–Kier alpha value is -0.770. The summed E-state index contributed by atoms with van der Waals surface area (Å²) in [6.07, 6.45) is 1.13. The molecule has 2 atom stereocenters. The quantitative estimate of drug-likeness (QED) is 0.894. The molecule has 1 nitrogen and oxygen atoms in total. The van der Waals surface area contributed by atoms with Crippen LogP contribution in [-0.4, -0.2) is 11.8 Å². The van der Waals surface area contributed by atoms with Crippen molar-refractivity contribution in [3.8, 4) is 0 Å². The predicted octanol–water partition coefficient (Wildman–Crippen LogP) is 4.42. The van der Waals surface area contributed by atoms with Crippen molar-refractivity contribution in [2.45, 2.75) is 37.2 Å². The van der Waals surface area contributed by atoms with Crippen LogP contribution in [0.1, 0.15) is 28.3 Å². The maximum absolute atomic E-state index is 3.78. The van der Waals surface area contributed by atoms with E-state index in [4.69, 9.17) is 0 Å². The van der Waals surface area contributed by atoms with E-state index in [1.165, 1.54) is 20.2 Å². The van der Waals surface area contributed by atoms with Crippen molar-refractivity contribution < 1.29 is 0 Å². The highest BCUT2D eigenvalue weighted by Gasteiger charge is 2.23. The van der Waals surface area contributed by atoms with E-state index in [2.05, 4.69) is 55.6 Å². The van der Waals surface area contributed by atoms with Gasteiger partial charge in [0.15, 0.2) is 0 Å². The molecule has 1 aliphatic rings. The Morgan fingerprint density at radius 1 is 1.26 bits per heavy atom. The molecule has 0 amide bonds. The summed E-state index contributed by atoms with van der Waals surface area (Å²) in [4.78, 5) is 4.33. The fourth-order valence-electron chi connectivity index (χ4n) is 2.60. The summed E-state index contributed by atoms with van der Waals surface area (Å²) < 4.78 is 0. The molecule has 2 unspecified atom stereocenters. The van der Waals surface area contributed by atoms with Gasteiger partial charge in [-0.15, -0.1) is 23.1 Å². The van der Waals surface area contributed by atoms with Gasteiger partial charge in [0, 0.05) is 32.5 Å². The van der Waals surface area contributed by atoms with Gasteiger partial charge in [-0.1, -0.05) is 18.2 Å². The van der Waals surface area contributed by atoms with Gasteiger partial charge < -0.3 is 5.32 Å². The number of nitrogens with one attached hydrogen (secondary N) is 1. The molecule has 0 saturated heterocycles. The van der Waals surface area contributed by atoms with E-state index in [0.717, 1.165) is 12.2 Å². The average Bonchev–Trinajstić information content (AvgIpc) is 2.97. The van der Waals surface area contributed by atoms with Crippen molar-refractivity contribution in [3.63, 3.8) is 0 Å². The van der Waals surface area contributed by atoms with Gasteiger partial charge >= 0.3 is 0 Å². The van der Waals surface area contributed by atoms with Crippen molar-refractivity contribution >= 4 is 23.1 Å². The molecule has 19 heavy (non-hydrogen) atoms. The van der Waals surface area contributed by atoms with E-state index in [1.807, 2.05) is 23.1 Å². The minimum Gasteiger partial charge on any atom is -0.306 e. The smallest absolute Gasteiger partial charge is 0.0428 e. The minimum atomic E-state index is 0.511. The summed E-state index contributed by atoms with van der Waals surface area (Å²) in [6, 6.07) is 14.3. The summed E-state index contributed by atoms with van der Waals surface area (Å²) in [5, 5.41) is 3.78. The molecule has 2 aromatic rings. The third-order valence-corrected chi connectivity index (χ3v) is 5.69. The first-order valence-electron chi connectivity index (χ1n) is 6.75. The first kappa shape index (κ1) is 13.2. The third-order valence-electron chi connectivity index (χ3n) is 3.49. The Morgan fingerprint density at radius 2 is 2.11 bits per heavy atom. The van der Waals surface area contributed by atoms with Crippen LogP contribution in [-0.2, 0) is 6.42 Å². The van der Waals surface area contributed by atoms with Gasteiger partial charge in [0.05, 0.1) is 0 Å². The lowest BCUT2D eigenvalue weighted by Crippen LogP contribution is -2.32. The zero-order valence-corrected chi connectivity index (χ0v) is 13.0. The van der Waals surface area contributed by atoms with Crippen molar-refractivity contribution in [2.75, 3.05) is 5.75 Å². The van der Waals surface area contributed by atoms with Crippen molar-refractivity contribution in [2.24, 2.45) is 0 Å². The molecular formula is C16H19NS2. The highest BCUT2D eigenvalue weighted by atomic mass is 32.2. The van der Waals surface area contributed by atoms with Crippen molar-refractivity contribution in [1.82, 2.24) is 5.32 Å². The Kier molecular flexibility index (Phi) is 3.96. The minimum absolute atomic E-state index is 0.511. The molecule has 0 bridgehead atoms. The van der Waals surface area contributed by atoms with Crippen LogP contribution in [0, 0.1) is 6.92 Å². The Bertz CT molecular complexity index is 561. The van der Waals surface area contributed by atoms with E-state index in [0.29, 0.717) is 12.1 Å². The Balaban J connectivity index is 1.63. The number of hydrogen-bond acceptors (Lipinski definition) is 3. The monoisotopic (exact) mass is 289 g/mol. The zero-order valence-electron chi connectivity index (χ0n) is 11.3. The fourth-order valence-corrected chi connectivity index (χ4v) is 4.79.